The molecule has 0 bridgehead atoms. The molecule has 0 spiro atoms. The van der Waals surface area contributed by atoms with Crippen molar-refractivity contribution >= 4 is 5.91 Å². The fraction of sp³-hybridized carbons (Fsp3) is 0.579. The van der Waals surface area contributed by atoms with Crippen LogP contribution in [0.1, 0.15) is 37.0 Å². The Hall–Kier alpha value is -2.08. The van der Waals surface area contributed by atoms with Crippen molar-refractivity contribution in [3.63, 3.8) is 0 Å². The van der Waals surface area contributed by atoms with Gasteiger partial charge in [0.15, 0.2) is 0 Å². The van der Waals surface area contributed by atoms with E-state index in [4.69, 9.17) is 4.42 Å². The number of carbonyl (C=O) groups excluding carboxylic acids is 1. The van der Waals surface area contributed by atoms with Gasteiger partial charge in [-0.05, 0) is 44.4 Å². The Labute approximate surface area is 148 Å². The third-order valence-corrected chi connectivity index (χ3v) is 5.20. The van der Waals surface area contributed by atoms with E-state index in [1.54, 1.807) is 10.9 Å². The van der Waals surface area contributed by atoms with Crippen molar-refractivity contribution in [2.24, 2.45) is 13.0 Å². The fourth-order valence-electron chi connectivity index (χ4n) is 3.78. The van der Waals surface area contributed by atoms with Crippen LogP contribution in [0.4, 0.5) is 0 Å². The smallest absolute Gasteiger partial charge is 0.227 e. The topological polar surface area (TPSA) is 54.5 Å². The maximum atomic E-state index is 13.2. The van der Waals surface area contributed by atoms with Gasteiger partial charge in [0.25, 0.3) is 0 Å². The minimum atomic E-state index is 0.0981. The molecule has 25 heavy (non-hydrogen) atoms. The lowest BCUT2D eigenvalue weighted by molar-refractivity contribution is -0.138. The number of amides is 1. The van der Waals surface area contributed by atoms with Gasteiger partial charge in [-0.2, -0.15) is 5.10 Å². The number of hydrogen-bond acceptors (Lipinski definition) is 4. The van der Waals surface area contributed by atoms with Crippen LogP contribution in [-0.2, 0) is 24.9 Å². The predicted molar refractivity (Wildman–Crippen MR) is 93.5 cm³/mol. The summed E-state index contributed by atoms with van der Waals surface area (Å²) in [5, 5.41) is 4.24. The van der Waals surface area contributed by atoms with Gasteiger partial charge in [-0.3, -0.25) is 14.4 Å². The lowest BCUT2D eigenvalue weighted by Gasteiger charge is -2.34. The van der Waals surface area contributed by atoms with Crippen molar-refractivity contribution < 1.29 is 9.21 Å². The molecule has 1 saturated carbocycles. The molecule has 0 radical (unpaired) electrons. The summed E-state index contributed by atoms with van der Waals surface area (Å²) in [7, 11) is 1.92. The first-order valence-corrected chi connectivity index (χ1v) is 9.22. The van der Waals surface area contributed by atoms with E-state index >= 15 is 0 Å². The molecule has 6 heteroatoms. The highest BCUT2D eigenvalue weighted by Gasteiger charge is 2.37. The summed E-state index contributed by atoms with van der Waals surface area (Å²) in [6, 6.07) is 4.35. The summed E-state index contributed by atoms with van der Waals surface area (Å²) < 4.78 is 7.26. The number of carbonyl (C=O) groups is 1. The highest BCUT2D eigenvalue weighted by molar-refractivity contribution is 5.79. The van der Waals surface area contributed by atoms with Gasteiger partial charge in [0.05, 0.1) is 24.9 Å². The first kappa shape index (κ1) is 16.4. The van der Waals surface area contributed by atoms with Crippen LogP contribution in [0.2, 0.25) is 0 Å². The van der Waals surface area contributed by atoms with Crippen molar-refractivity contribution in [2.75, 3.05) is 13.1 Å². The van der Waals surface area contributed by atoms with E-state index < -0.39 is 0 Å². The molecule has 2 aromatic rings. The lowest BCUT2D eigenvalue weighted by Crippen LogP contribution is -2.45. The number of furan rings is 1. The normalized spacial score (nSPS) is 21.4. The third kappa shape index (κ3) is 3.95. The Balaban J connectivity index is 1.40. The van der Waals surface area contributed by atoms with Crippen molar-refractivity contribution in [2.45, 2.75) is 44.8 Å². The van der Waals surface area contributed by atoms with E-state index in [0.717, 1.165) is 56.6 Å². The molecule has 2 aliphatic rings. The molecular weight excluding hydrogens is 316 g/mol. The summed E-state index contributed by atoms with van der Waals surface area (Å²) in [5.41, 5.74) is 1.12. The number of aromatic nitrogens is 2. The molecule has 1 aliphatic heterocycles. The van der Waals surface area contributed by atoms with Gasteiger partial charge in [-0.15, -0.1) is 0 Å². The average Bonchev–Trinajstić information content (AvgIpc) is 3.17. The fourth-order valence-corrected chi connectivity index (χ4v) is 3.78. The van der Waals surface area contributed by atoms with Crippen LogP contribution in [-0.4, -0.2) is 44.6 Å². The van der Waals surface area contributed by atoms with Crippen LogP contribution in [0, 0.1) is 5.92 Å². The van der Waals surface area contributed by atoms with Crippen LogP contribution in [0.3, 0.4) is 0 Å². The van der Waals surface area contributed by atoms with Crippen LogP contribution >= 0.6 is 0 Å². The van der Waals surface area contributed by atoms with Crippen LogP contribution in [0.25, 0.3) is 0 Å². The molecule has 0 N–H and O–H groups in total. The summed E-state index contributed by atoms with van der Waals surface area (Å²) >= 11 is 0. The molecule has 1 aliphatic carbocycles. The monoisotopic (exact) mass is 342 g/mol. The second kappa shape index (κ2) is 7.04. The molecule has 2 fully saturated rings. The zero-order chi connectivity index (χ0) is 17.2. The Morgan fingerprint density at radius 2 is 2.28 bits per heavy atom. The molecule has 2 aromatic heterocycles. The molecule has 134 valence electrons. The van der Waals surface area contributed by atoms with Crippen molar-refractivity contribution in [3.05, 3.63) is 42.1 Å². The largest absolute Gasteiger partial charge is 0.468 e. The number of nitrogens with zero attached hydrogens (tertiary/aromatic N) is 4. The quantitative estimate of drug-likeness (QED) is 0.809. The minimum Gasteiger partial charge on any atom is -0.468 e. The van der Waals surface area contributed by atoms with E-state index in [-0.39, 0.29) is 5.92 Å². The first-order chi connectivity index (χ1) is 12.2. The van der Waals surface area contributed by atoms with Gasteiger partial charge in [-0.1, -0.05) is 0 Å². The molecule has 1 amide bonds. The molecule has 1 atom stereocenters. The molecule has 0 unspecified atom stereocenters. The van der Waals surface area contributed by atoms with E-state index in [0.29, 0.717) is 18.5 Å². The number of piperidine rings is 1. The Morgan fingerprint density at radius 1 is 1.40 bits per heavy atom. The molecule has 0 aromatic carbocycles. The Bertz CT molecular complexity index is 705. The van der Waals surface area contributed by atoms with Crippen molar-refractivity contribution in [1.82, 2.24) is 19.6 Å². The highest BCUT2D eigenvalue weighted by atomic mass is 16.3. The summed E-state index contributed by atoms with van der Waals surface area (Å²) in [4.78, 5) is 17.6. The maximum Gasteiger partial charge on any atom is 0.227 e. The second-order valence-corrected chi connectivity index (χ2v) is 7.37. The standard InChI is InChI=1S/C19H26N4O2/c1-21-11-15(10-20-21)12-23(17-6-7-17)19(24)16-4-2-8-22(13-16)14-18-5-3-9-25-18/h3,5,9-11,16-17H,2,4,6-8,12-14H2,1H3/t16-/m0/s1. The van der Waals surface area contributed by atoms with Crippen molar-refractivity contribution in [3.8, 4) is 0 Å². The number of likely N-dealkylation sites (tertiary alicyclic amines) is 1. The average molecular weight is 342 g/mol. The molecule has 6 nitrogen and oxygen atoms in total. The zero-order valence-electron chi connectivity index (χ0n) is 14.8. The Morgan fingerprint density at radius 3 is 2.96 bits per heavy atom. The number of hydrogen-bond donors (Lipinski definition) is 0. The first-order valence-electron chi connectivity index (χ1n) is 9.22. The van der Waals surface area contributed by atoms with Gasteiger partial charge in [-0.25, -0.2) is 0 Å². The van der Waals surface area contributed by atoms with Crippen LogP contribution in [0.5, 0.6) is 0 Å². The molecule has 3 heterocycles. The zero-order valence-corrected chi connectivity index (χ0v) is 14.8. The summed E-state index contributed by atoms with van der Waals surface area (Å²) in [5.74, 6) is 1.39. The Kier molecular flexibility index (Phi) is 4.61. The van der Waals surface area contributed by atoms with Gasteiger partial charge in [0, 0.05) is 37.9 Å². The third-order valence-electron chi connectivity index (χ3n) is 5.20. The van der Waals surface area contributed by atoms with Gasteiger partial charge in [0.2, 0.25) is 5.91 Å². The maximum absolute atomic E-state index is 13.2. The van der Waals surface area contributed by atoms with E-state index in [9.17, 15) is 4.79 Å². The van der Waals surface area contributed by atoms with Gasteiger partial charge < -0.3 is 9.32 Å². The summed E-state index contributed by atoms with van der Waals surface area (Å²) in [6.07, 6.45) is 9.92. The second-order valence-electron chi connectivity index (χ2n) is 7.37. The highest BCUT2D eigenvalue weighted by Crippen LogP contribution is 2.31. The van der Waals surface area contributed by atoms with Gasteiger partial charge >= 0.3 is 0 Å². The SMILES string of the molecule is Cn1cc(CN(C(=O)[C@H]2CCCN(Cc3ccco3)C2)C2CC2)cn1. The predicted octanol–water partition coefficient (Wildman–Crippen LogP) is 2.42. The molecule has 1 saturated heterocycles. The molecular formula is C19H26N4O2. The number of rotatable bonds is 6. The van der Waals surface area contributed by atoms with E-state index in [1.165, 1.54) is 0 Å². The minimum absolute atomic E-state index is 0.0981. The lowest BCUT2D eigenvalue weighted by atomic mass is 9.96. The van der Waals surface area contributed by atoms with Crippen molar-refractivity contribution in [1.29, 1.82) is 0 Å². The van der Waals surface area contributed by atoms with E-state index in [1.807, 2.05) is 31.6 Å². The molecule has 4 rings (SSSR count). The van der Waals surface area contributed by atoms with E-state index in [2.05, 4.69) is 14.9 Å². The number of aryl methyl sites for hydroxylation is 1. The van der Waals surface area contributed by atoms with Crippen LogP contribution < -0.4 is 0 Å². The summed E-state index contributed by atoms with van der Waals surface area (Å²) in [6.45, 7) is 3.35. The van der Waals surface area contributed by atoms with Crippen LogP contribution in [0.15, 0.2) is 35.2 Å². The van der Waals surface area contributed by atoms with Gasteiger partial charge in [0.1, 0.15) is 5.76 Å².